The van der Waals surface area contributed by atoms with Crippen LogP contribution in [0.5, 0.6) is 5.75 Å². The second-order valence-corrected chi connectivity index (χ2v) is 9.08. The molecule has 0 unspecified atom stereocenters. The van der Waals surface area contributed by atoms with Crippen LogP contribution in [-0.4, -0.2) is 37.9 Å². The van der Waals surface area contributed by atoms with Crippen molar-refractivity contribution >= 4 is 17.4 Å². The number of hydrogen-bond donors (Lipinski definition) is 0. The van der Waals surface area contributed by atoms with Crippen LogP contribution in [0.1, 0.15) is 17.1 Å². The molecule has 0 bridgehead atoms. The zero-order valence-electron chi connectivity index (χ0n) is 19.8. The number of aromatic nitrogens is 5. The van der Waals surface area contributed by atoms with E-state index >= 15 is 0 Å². The van der Waals surface area contributed by atoms with E-state index < -0.39 is 0 Å². The number of ether oxygens (including phenoxy) is 2. The van der Waals surface area contributed by atoms with E-state index in [2.05, 4.69) is 56.6 Å². The molecular weight excluding hydrogens is 458 g/mol. The Balaban J connectivity index is 1.33. The van der Waals surface area contributed by atoms with Gasteiger partial charge in [0.15, 0.2) is 11.0 Å². The van der Waals surface area contributed by atoms with Gasteiger partial charge in [-0.05, 0) is 30.2 Å². The highest BCUT2D eigenvalue weighted by Gasteiger charge is 2.15. The molecule has 7 nitrogen and oxygen atoms in total. The predicted octanol–water partition coefficient (Wildman–Crippen LogP) is 5.42. The number of benzene rings is 2. The van der Waals surface area contributed by atoms with Crippen LogP contribution in [0, 0.1) is 6.92 Å². The molecule has 0 amide bonds. The molecule has 3 aromatic heterocycles. The van der Waals surface area contributed by atoms with E-state index in [0.29, 0.717) is 25.5 Å². The van der Waals surface area contributed by atoms with Gasteiger partial charge in [-0.15, -0.1) is 10.2 Å². The van der Waals surface area contributed by atoms with Crippen molar-refractivity contribution < 1.29 is 9.47 Å². The average Bonchev–Trinajstić information content (AvgIpc) is 3.50. The first-order valence-electron chi connectivity index (χ1n) is 11.5. The van der Waals surface area contributed by atoms with Crippen molar-refractivity contribution in [3.63, 3.8) is 0 Å². The fourth-order valence-electron chi connectivity index (χ4n) is 3.94. The van der Waals surface area contributed by atoms with Crippen molar-refractivity contribution in [1.29, 1.82) is 0 Å². The van der Waals surface area contributed by atoms with Crippen LogP contribution in [-0.2, 0) is 23.6 Å². The second-order valence-electron chi connectivity index (χ2n) is 8.14. The van der Waals surface area contributed by atoms with Gasteiger partial charge in [-0.3, -0.25) is 0 Å². The molecule has 0 aliphatic heterocycles. The van der Waals surface area contributed by atoms with E-state index in [1.54, 1.807) is 18.9 Å². The standard InChI is InChI=1S/C27H27N5O2S/c1-20-9-8-14-31-17-22(28-26(20)31)19-35-27-30-29-25(32(27)15-16-33-2)18-34-24-13-7-6-12-23(24)21-10-4-3-5-11-21/h3-14,17H,15-16,18-19H2,1-2H3. The van der Waals surface area contributed by atoms with Crippen molar-refractivity contribution in [2.24, 2.45) is 0 Å². The number of aryl methyl sites for hydroxylation is 1. The smallest absolute Gasteiger partial charge is 0.191 e. The summed E-state index contributed by atoms with van der Waals surface area (Å²) in [5.41, 5.74) is 5.30. The van der Waals surface area contributed by atoms with Gasteiger partial charge in [-0.2, -0.15) is 0 Å². The number of thioether (sulfide) groups is 1. The van der Waals surface area contributed by atoms with Gasteiger partial charge >= 0.3 is 0 Å². The Morgan fingerprint density at radius 2 is 1.77 bits per heavy atom. The average molecular weight is 486 g/mol. The minimum absolute atomic E-state index is 0.314. The summed E-state index contributed by atoms with van der Waals surface area (Å²) in [4.78, 5) is 4.78. The Hall–Kier alpha value is -3.62. The number of pyridine rings is 1. The van der Waals surface area contributed by atoms with E-state index in [-0.39, 0.29) is 0 Å². The molecule has 0 atom stereocenters. The first-order valence-corrected chi connectivity index (χ1v) is 12.5. The Morgan fingerprint density at radius 3 is 2.60 bits per heavy atom. The van der Waals surface area contributed by atoms with E-state index in [0.717, 1.165) is 44.8 Å². The molecule has 0 fully saturated rings. The molecule has 0 spiro atoms. The highest BCUT2D eigenvalue weighted by molar-refractivity contribution is 7.98. The molecule has 0 radical (unpaired) electrons. The third kappa shape index (κ3) is 5.23. The topological polar surface area (TPSA) is 66.5 Å². The van der Waals surface area contributed by atoms with Crippen LogP contribution < -0.4 is 4.74 Å². The highest BCUT2D eigenvalue weighted by Crippen LogP contribution is 2.30. The number of nitrogens with zero attached hydrogens (tertiary/aromatic N) is 5. The second kappa shape index (κ2) is 10.8. The molecule has 3 heterocycles. The lowest BCUT2D eigenvalue weighted by atomic mass is 10.1. The molecule has 0 saturated carbocycles. The fraction of sp³-hybridized carbons (Fsp3) is 0.222. The first kappa shape index (κ1) is 23.1. The lowest BCUT2D eigenvalue weighted by molar-refractivity contribution is 0.181. The van der Waals surface area contributed by atoms with Crippen molar-refractivity contribution in [3.8, 4) is 16.9 Å². The molecule has 0 N–H and O–H groups in total. The Bertz CT molecular complexity index is 1410. The van der Waals surface area contributed by atoms with Crippen LogP contribution in [0.15, 0.2) is 84.3 Å². The molecule has 0 aliphatic rings. The number of hydrogen-bond acceptors (Lipinski definition) is 6. The molecule has 8 heteroatoms. The molecular formula is C27H27N5O2S. The van der Waals surface area contributed by atoms with E-state index in [9.17, 15) is 0 Å². The van der Waals surface area contributed by atoms with E-state index in [1.165, 1.54) is 0 Å². The number of para-hydroxylation sites is 1. The summed E-state index contributed by atoms with van der Waals surface area (Å²) in [6.45, 7) is 3.60. The van der Waals surface area contributed by atoms with Crippen molar-refractivity contribution in [2.45, 2.75) is 31.0 Å². The van der Waals surface area contributed by atoms with Crippen LogP contribution in [0.3, 0.4) is 0 Å². The summed E-state index contributed by atoms with van der Waals surface area (Å²) in [7, 11) is 1.70. The van der Waals surface area contributed by atoms with Gasteiger partial charge in [0, 0.05) is 37.4 Å². The van der Waals surface area contributed by atoms with Crippen molar-refractivity contribution in [1.82, 2.24) is 24.1 Å². The SMILES string of the molecule is COCCn1c(COc2ccccc2-c2ccccc2)nnc1SCc1cn2cccc(C)c2n1. The van der Waals surface area contributed by atoms with Gasteiger partial charge in [0.2, 0.25) is 0 Å². The van der Waals surface area contributed by atoms with Gasteiger partial charge in [0.25, 0.3) is 0 Å². The summed E-state index contributed by atoms with van der Waals surface area (Å²) in [6, 6.07) is 22.4. The lowest BCUT2D eigenvalue weighted by Gasteiger charge is -2.13. The molecule has 2 aromatic carbocycles. The zero-order valence-corrected chi connectivity index (χ0v) is 20.6. The molecule has 0 saturated heterocycles. The third-order valence-corrected chi connectivity index (χ3v) is 6.72. The van der Waals surface area contributed by atoms with E-state index in [4.69, 9.17) is 14.5 Å². The number of rotatable bonds is 10. The molecule has 5 rings (SSSR count). The quantitative estimate of drug-likeness (QED) is 0.246. The minimum Gasteiger partial charge on any atom is -0.485 e. The molecule has 5 aromatic rings. The maximum atomic E-state index is 6.24. The summed E-state index contributed by atoms with van der Waals surface area (Å²) >= 11 is 1.62. The molecule has 35 heavy (non-hydrogen) atoms. The van der Waals surface area contributed by atoms with Gasteiger partial charge in [0.1, 0.15) is 18.0 Å². The Morgan fingerprint density at radius 1 is 0.943 bits per heavy atom. The number of methoxy groups -OCH3 is 1. The van der Waals surface area contributed by atoms with Gasteiger partial charge in [-0.25, -0.2) is 4.98 Å². The maximum Gasteiger partial charge on any atom is 0.191 e. The van der Waals surface area contributed by atoms with Crippen LogP contribution >= 0.6 is 11.8 Å². The van der Waals surface area contributed by atoms with Gasteiger partial charge < -0.3 is 18.4 Å². The third-order valence-electron chi connectivity index (χ3n) is 5.72. The lowest BCUT2D eigenvalue weighted by Crippen LogP contribution is -2.12. The minimum atomic E-state index is 0.314. The summed E-state index contributed by atoms with van der Waals surface area (Å²) in [5.74, 6) is 2.27. The first-order chi connectivity index (χ1) is 17.2. The maximum absolute atomic E-state index is 6.24. The van der Waals surface area contributed by atoms with Crippen molar-refractivity contribution in [3.05, 3.63) is 96.2 Å². The van der Waals surface area contributed by atoms with Crippen LogP contribution in [0.25, 0.3) is 16.8 Å². The summed E-state index contributed by atoms with van der Waals surface area (Å²) < 4.78 is 15.7. The van der Waals surface area contributed by atoms with Crippen molar-refractivity contribution in [2.75, 3.05) is 13.7 Å². The normalized spacial score (nSPS) is 11.3. The summed E-state index contributed by atoms with van der Waals surface area (Å²) in [5, 5.41) is 9.72. The van der Waals surface area contributed by atoms with Gasteiger partial charge in [-0.1, -0.05) is 66.4 Å². The number of fused-ring (bicyclic) bond motifs is 1. The predicted molar refractivity (Wildman–Crippen MR) is 138 cm³/mol. The largest absolute Gasteiger partial charge is 0.485 e. The zero-order chi connectivity index (χ0) is 24.0. The monoisotopic (exact) mass is 485 g/mol. The van der Waals surface area contributed by atoms with E-state index in [1.807, 2.05) is 48.7 Å². The van der Waals surface area contributed by atoms with Gasteiger partial charge in [0.05, 0.1) is 12.3 Å². The molecule has 178 valence electrons. The molecule has 0 aliphatic carbocycles. The Kier molecular flexibility index (Phi) is 7.11. The highest BCUT2D eigenvalue weighted by atomic mass is 32.2. The number of imidazole rings is 1. The van der Waals surface area contributed by atoms with Crippen LogP contribution in [0.2, 0.25) is 0 Å². The fourth-order valence-corrected chi connectivity index (χ4v) is 4.81. The Labute approximate surface area is 208 Å². The van der Waals surface area contributed by atoms with Crippen LogP contribution in [0.4, 0.5) is 0 Å². The summed E-state index contributed by atoms with van der Waals surface area (Å²) in [6.07, 6.45) is 4.09.